The Labute approximate surface area is 157 Å². The molecule has 3 amide bonds. The van der Waals surface area contributed by atoms with E-state index in [0.717, 1.165) is 0 Å². The number of nitrogens with one attached hydrogen (secondary N) is 3. The van der Waals surface area contributed by atoms with Crippen molar-refractivity contribution in [2.24, 2.45) is 0 Å². The van der Waals surface area contributed by atoms with Gasteiger partial charge in [0.1, 0.15) is 5.82 Å². The molecule has 0 aromatic heterocycles. The molecule has 0 atom stereocenters. The minimum Gasteiger partial charge on any atom is -0.383 e. The number of halogens is 1. The van der Waals surface area contributed by atoms with Crippen LogP contribution in [0.15, 0.2) is 42.5 Å². The first-order valence-electron chi connectivity index (χ1n) is 8.33. The molecule has 0 aliphatic rings. The lowest BCUT2D eigenvalue weighted by molar-refractivity contribution is 0.0937. The molecule has 3 N–H and O–H groups in total. The van der Waals surface area contributed by atoms with Gasteiger partial charge in [-0.25, -0.2) is 9.18 Å². The standard InChI is InChI=1S/C19H23FN4O3/c1-24(2)17-9-8-13(12-14(17)18(25)21-10-11-27-3)22-19(26)23-16-7-5-4-6-15(16)20/h4-9,12H,10-11H2,1-3H3,(H,21,25)(H2,22,23,26). The third-order valence-electron chi connectivity index (χ3n) is 3.69. The fraction of sp³-hybridized carbons (Fsp3) is 0.263. The lowest BCUT2D eigenvalue weighted by Gasteiger charge is -2.18. The van der Waals surface area contributed by atoms with E-state index in [9.17, 15) is 14.0 Å². The first kappa shape index (κ1) is 20.2. The number of nitrogens with zero attached hydrogens (tertiary/aromatic N) is 1. The number of amides is 3. The Kier molecular flexibility index (Phi) is 7.13. The molecule has 0 heterocycles. The lowest BCUT2D eigenvalue weighted by atomic mass is 10.1. The molecule has 0 radical (unpaired) electrons. The first-order valence-corrected chi connectivity index (χ1v) is 8.33. The molecule has 144 valence electrons. The van der Waals surface area contributed by atoms with Gasteiger partial charge in [0, 0.05) is 39.1 Å². The van der Waals surface area contributed by atoms with Gasteiger partial charge in [-0.3, -0.25) is 4.79 Å². The van der Waals surface area contributed by atoms with E-state index in [1.165, 1.54) is 18.2 Å². The SMILES string of the molecule is COCCNC(=O)c1cc(NC(=O)Nc2ccccc2F)ccc1N(C)C. The summed E-state index contributed by atoms with van der Waals surface area (Å²) in [5.41, 5.74) is 1.58. The van der Waals surface area contributed by atoms with Crippen LogP contribution in [0.4, 0.5) is 26.2 Å². The van der Waals surface area contributed by atoms with Gasteiger partial charge in [0.2, 0.25) is 0 Å². The zero-order chi connectivity index (χ0) is 19.8. The van der Waals surface area contributed by atoms with Gasteiger partial charge in [-0.05, 0) is 30.3 Å². The van der Waals surface area contributed by atoms with E-state index in [-0.39, 0.29) is 11.6 Å². The van der Waals surface area contributed by atoms with Gasteiger partial charge in [0.15, 0.2) is 0 Å². The number of carbonyl (C=O) groups is 2. The highest BCUT2D eigenvalue weighted by molar-refractivity contribution is 6.04. The van der Waals surface area contributed by atoms with Crippen molar-refractivity contribution >= 4 is 29.0 Å². The number of para-hydroxylation sites is 1. The van der Waals surface area contributed by atoms with E-state index in [2.05, 4.69) is 16.0 Å². The molecule has 0 aliphatic carbocycles. The van der Waals surface area contributed by atoms with Crippen LogP contribution in [0.1, 0.15) is 10.4 Å². The molecule has 27 heavy (non-hydrogen) atoms. The second-order valence-electron chi connectivity index (χ2n) is 5.93. The fourth-order valence-corrected chi connectivity index (χ4v) is 2.39. The van der Waals surface area contributed by atoms with Gasteiger partial charge < -0.3 is 25.6 Å². The summed E-state index contributed by atoms with van der Waals surface area (Å²) in [5, 5.41) is 7.79. The maximum atomic E-state index is 13.6. The van der Waals surface area contributed by atoms with Gasteiger partial charge in [0.05, 0.1) is 17.9 Å². The fourth-order valence-electron chi connectivity index (χ4n) is 2.39. The van der Waals surface area contributed by atoms with Gasteiger partial charge >= 0.3 is 6.03 Å². The van der Waals surface area contributed by atoms with Crippen LogP contribution in [0.2, 0.25) is 0 Å². The Morgan fingerprint density at radius 3 is 2.52 bits per heavy atom. The molecule has 8 heteroatoms. The third-order valence-corrected chi connectivity index (χ3v) is 3.69. The lowest BCUT2D eigenvalue weighted by Crippen LogP contribution is -2.29. The molecule has 0 saturated carbocycles. The molecule has 0 saturated heterocycles. The molecule has 7 nitrogen and oxygen atoms in total. The van der Waals surface area contributed by atoms with E-state index < -0.39 is 11.8 Å². The summed E-state index contributed by atoms with van der Waals surface area (Å²) in [7, 11) is 5.19. The van der Waals surface area contributed by atoms with Crippen LogP contribution >= 0.6 is 0 Å². The van der Waals surface area contributed by atoms with Crippen LogP contribution in [-0.4, -0.2) is 46.3 Å². The first-order chi connectivity index (χ1) is 12.9. The minimum absolute atomic E-state index is 0.0671. The van der Waals surface area contributed by atoms with E-state index in [1.54, 1.807) is 36.3 Å². The molecule has 0 fully saturated rings. The number of benzene rings is 2. The number of hydrogen-bond donors (Lipinski definition) is 3. The minimum atomic E-state index is -0.608. The number of anilines is 3. The van der Waals surface area contributed by atoms with Crippen molar-refractivity contribution in [2.75, 3.05) is 49.9 Å². The number of carbonyl (C=O) groups excluding carboxylic acids is 2. The molecule has 2 rings (SSSR count). The zero-order valence-corrected chi connectivity index (χ0v) is 15.5. The third kappa shape index (κ3) is 5.68. The number of ether oxygens (including phenoxy) is 1. The molecule has 0 spiro atoms. The Hall–Kier alpha value is -3.13. The van der Waals surface area contributed by atoms with Crippen molar-refractivity contribution in [3.8, 4) is 0 Å². The summed E-state index contributed by atoms with van der Waals surface area (Å²) >= 11 is 0. The summed E-state index contributed by atoms with van der Waals surface area (Å²) < 4.78 is 18.6. The zero-order valence-electron chi connectivity index (χ0n) is 15.5. The molecular formula is C19H23FN4O3. The van der Waals surface area contributed by atoms with Gasteiger partial charge in [-0.15, -0.1) is 0 Å². The molecule has 0 unspecified atom stereocenters. The number of methoxy groups -OCH3 is 1. The highest BCUT2D eigenvalue weighted by Crippen LogP contribution is 2.23. The van der Waals surface area contributed by atoms with Gasteiger partial charge in [-0.2, -0.15) is 0 Å². The van der Waals surface area contributed by atoms with Crippen molar-refractivity contribution in [2.45, 2.75) is 0 Å². The normalized spacial score (nSPS) is 10.2. The summed E-state index contributed by atoms with van der Waals surface area (Å²) in [4.78, 5) is 26.4. The monoisotopic (exact) mass is 374 g/mol. The molecular weight excluding hydrogens is 351 g/mol. The van der Waals surface area contributed by atoms with Crippen LogP contribution in [0, 0.1) is 5.82 Å². The van der Waals surface area contributed by atoms with Crippen LogP contribution in [0.5, 0.6) is 0 Å². The Morgan fingerprint density at radius 1 is 1.11 bits per heavy atom. The van der Waals surface area contributed by atoms with Gasteiger partial charge in [0.25, 0.3) is 5.91 Å². The topological polar surface area (TPSA) is 82.7 Å². The Balaban J connectivity index is 2.15. The maximum absolute atomic E-state index is 13.6. The van der Waals surface area contributed by atoms with Crippen molar-refractivity contribution in [3.05, 3.63) is 53.8 Å². The van der Waals surface area contributed by atoms with E-state index in [1.807, 2.05) is 14.1 Å². The van der Waals surface area contributed by atoms with E-state index >= 15 is 0 Å². The van der Waals surface area contributed by atoms with Crippen molar-refractivity contribution in [3.63, 3.8) is 0 Å². The van der Waals surface area contributed by atoms with Crippen molar-refractivity contribution < 1.29 is 18.7 Å². The van der Waals surface area contributed by atoms with Crippen LogP contribution in [-0.2, 0) is 4.74 Å². The predicted molar refractivity (Wildman–Crippen MR) is 104 cm³/mol. The van der Waals surface area contributed by atoms with Crippen molar-refractivity contribution in [1.82, 2.24) is 5.32 Å². The number of rotatable bonds is 7. The van der Waals surface area contributed by atoms with E-state index in [4.69, 9.17) is 4.74 Å². The summed E-state index contributed by atoms with van der Waals surface area (Å²) in [5.74, 6) is -0.817. The Morgan fingerprint density at radius 2 is 1.85 bits per heavy atom. The largest absolute Gasteiger partial charge is 0.383 e. The second-order valence-corrected chi connectivity index (χ2v) is 5.93. The highest BCUT2D eigenvalue weighted by Gasteiger charge is 2.15. The molecule has 2 aromatic carbocycles. The second kappa shape index (κ2) is 9.54. The average molecular weight is 374 g/mol. The smallest absolute Gasteiger partial charge is 0.323 e. The van der Waals surface area contributed by atoms with E-state index in [0.29, 0.717) is 30.1 Å². The summed E-state index contributed by atoms with van der Waals surface area (Å²) in [6, 6.07) is 10.2. The molecule has 0 bridgehead atoms. The quantitative estimate of drug-likeness (QED) is 0.651. The maximum Gasteiger partial charge on any atom is 0.323 e. The highest BCUT2D eigenvalue weighted by atomic mass is 19.1. The van der Waals surface area contributed by atoms with Crippen LogP contribution in [0.3, 0.4) is 0 Å². The number of hydrogen-bond acceptors (Lipinski definition) is 4. The molecule has 0 aliphatic heterocycles. The predicted octanol–water partition coefficient (Wildman–Crippen LogP) is 2.91. The van der Waals surface area contributed by atoms with Gasteiger partial charge in [-0.1, -0.05) is 12.1 Å². The van der Waals surface area contributed by atoms with Crippen LogP contribution in [0.25, 0.3) is 0 Å². The van der Waals surface area contributed by atoms with Crippen molar-refractivity contribution in [1.29, 1.82) is 0 Å². The Bertz CT molecular complexity index is 811. The number of urea groups is 1. The van der Waals surface area contributed by atoms with Crippen LogP contribution < -0.4 is 20.9 Å². The average Bonchev–Trinajstić information content (AvgIpc) is 2.63. The molecule has 2 aromatic rings. The summed E-state index contributed by atoms with van der Waals surface area (Å²) in [6.45, 7) is 0.764. The summed E-state index contributed by atoms with van der Waals surface area (Å²) in [6.07, 6.45) is 0.